The first-order valence-corrected chi connectivity index (χ1v) is 12.3. The van der Waals surface area contributed by atoms with E-state index in [-0.39, 0.29) is 23.3 Å². The number of ketones is 1. The van der Waals surface area contributed by atoms with E-state index in [1.807, 2.05) is 12.1 Å². The molecule has 3 heterocycles. The standard InChI is InChI=1S/C25H36ClN5O2/c1-25(2,3)14-21(32)22-15-31(20(16-33-22)12-17-4-6-18(26)7-5-17)19-8-10-30(11-9-19)24-13-23(27)28-29-24/h4-7,19-20,22H,8-16H2,1-3H3,(H2,27,28)/t20-,22+/m0/s1. The zero-order valence-corrected chi connectivity index (χ0v) is 20.7. The van der Waals surface area contributed by atoms with Gasteiger partial charge in [0.15, 0.2) is 5.78 Å². The fourth-order valence-electron chi connectivity index (χ4n) is 5.05. The monoisotopic (exact) mass is 473 g/mol. The van der Waals surface area contributed by atoms with Crippen molar-refractivity contribution in [1.82, 2.24) is 9.80 Å². The second-order valence-corrected chi connectivity index (χ2v) is 11.1. The fraction of sp³-hybridized carbons (Fsp3) is 0.640. The number of likely N-dealkylation sites (tertiary alicyclic amines) is 1. The van der Waals surface area contributed by atoms with E-state index in [1.54, 1.807) is 0 Å². The van der Waals surface area contributed by atoms with E-state index in [1.165, 1.54) is 5.56 Å². The van der Waals surface area contributed by atoms with Gasteiger partial charge in [-0.25, -0.2) is 0 Å². The highest BCUT2D eigenvalue weighted by molar-refractivity contribution is 6.30. The lowest BCUT2D eigenvalue weighted by atomic mass is 9.87. The minimum absolute atomic E-state index is 0.0390. The molecule has 0 aliphatic carbocycles. The molecule has 7 nitrogen and oxygen atoms in total. The van der Waals surface area contributed by atoms with Crippen LogP contribution in [0.2, 0.25) is 5.02 Å². The highest BCUT2D eigenvalue weighted by Gasteiger charge is 2.38. The van der Waals surface area contributed by atoms with Crippen molar-refractivity contribution in [3.63, 3.8) is 0 Å². The summed E-state index contributed by atoms with van der Waals surface area (Å²) >= 11 is 6.09. The molecule has 0 saturated carbocycles. The minimum Gasteiger partial charge on any atom is -0.385 e. The number of halogens is 1. The van der Waals surface area contributed by atoms with Crippen molar-refractivity contribution < 1.29 is 9.53 Å². The summed E-state index contributed by atoms with van der Waals surface area (Å²) in [5.74, 6) is 1.77. The number of piperidine rings is 1. The molecule has 180 valence electrons. The Balaban J connectivity index is 1.44. The van der Waals surface area contributed by atoms with Crippen LogP contribution in [0.4, 0.5) is 0 Å². The molecule has 0 radical (unpaired) electrons. The molecule has 0 amide bonds. The van der Waals surface area contributed by atoms with E-state index in [0.717, 1.165) is 43.2 Å². The van der Waals surface area contributed by atoms with Gasteiger partial charge in [0.05, 0.1) is 13.0 Å². The Hall–Kier alpha value is -1.96. The van der Waals surface area contributed by atoms with Gasteiger partial charge in [-0.1, -0.05) is 44.5 Å². The summed E-state index contributed by atoms with van der Waals surface area (Å²) in [7, 11) is 0. The van der Waals surface area contributed by atoms with Crippen LogP contribution in [0, 0.1) is 5.41 Å². The number of carbonyl (C=O) groups excluding carboxylic acids is 1. The highest BCUT2D eigenvalue weighted by atomic mass is 35.5. The van der Waals surface area contributed by atoms with Crippen molar-refractivity contribution in [2.24, 2.45) is 21.4 Å². The number of Topliss-reactive ketones (excluding diaryl/α,β-unsaturated/α-hetero) is 1. The normalized spacial score (nSPS) is 25.2. The number of rotatable bonds is 5. The van der Waals surface area contributed by atoms with Gasteiger partial charge in [-0.2, -0.15) is 0 Å². The number of carbonyl (C=O) groups is 1. The van der Waals surface area contributed by atoms with Crippen molar-refractivity contribution in [2.75, 3.05) is 26.2 Å². The topological polar surface area (TPSA) is 83.5 Å². The Morgan fingerprint density at radius 2 is 1.88 bits per heavy atom. The van der Waals surface area contributed by atoms with E-state index < -0.39 is 0 Å². The molecule has 2 N–H and O–H groups in total. The van der Waals surface area contributed by atoms with E-state index >= 15 is 0 Å². The highest BCUT2D eigenvalue weighted by Crippen LogP contribution is 2.28. The third kappa shape index (κ3) is 6.34. The molecule has 1 aromatic carbocycles. The number of nitrogens with two attached hydrogens (primary N) is 1. The van der Waals surface area contributed by atoms with Crippen molar-refractivity contribution in [3.8, 4) is 0 Å². The number of morpholine rings is 1. The fourth-order valence-corrected chi connectivity index (χ4v) is 5.17. The van der Waals surface area contributed by atoms with E-state index in [9.17, 15) is 4.79 Å². The number of hydrogen-bond donors (Lipinski definition) is 1. The number of ether oxygens (including phenoxy) is 1. The third-order valence-electron chi connectivity index (χ3n) is 6.72. The predicted molar refractivity (Wildman–Crippen MR) is 133 cm³/mol. The van der Waals surface area contributed by atoms with Gasteiger partial charge in [0.1, 0.15) is 17.8 Å². The second kappa shape index (κ2) is 10.1. The van der Waals surface area contributed by atoms with E-state index in [4.69, 9.17) is 22.1 Å². The summed E-state index contributed by atoms with van der Waals surface area (Å²) in [6.45, 7) is 9.40. The maximum Gasteiger partial charge on any atom is 0.163 e. The van der Waals surface area contributed by atoms with Crippen LogP contribution in [0.25, 0.3) is 0 Å². The van der Waals surface area contributed by atoms with Crippen molar-refractivity contribution in [1.29, 1.82) is 0 Å². The Morgan fingerprint density at radius 3 is 2.48 bits per heavy atom. The molecule has 3 aliphatic heterocycles. The van der Waals surface area contributed by atoms with Gasteiger partial charge in [-0.15, -0.1) is 10.2 Å². The summed E-state index contributed by atoms with van der Waals surface area (Å²) in [4.78, 5) is 17.8. The quantitative estimate of drug-likeness (QED) is 0.707. The van der Waals surface area contributed by atoms with Gasteiger partial charge >= 0.3 is 0 Å². The molecular weight excluding hydrogens is 438 g/mol. The van der Waals surface area contributed by atoms with E-state index in [0.29, 0.717) is 37.9 Å². The average Bonchev–Trinajstić information content (AvgIpc) is 3.21. The van der Waals surface area contributed by atoms with Gasteiger partial charge < -0.3 is 15.4 Å². The second-order valence-electron chi connectivity index (χ2n) is 10.7. The molecule has 4 rings (SSSR count). The summed E-state index contributed by atoms with van der Waals surface area (Å²) in [5.41, 5.74) is 7.01. The molecule has 2 saturated heterocycles. The van der Waals surface area contributed by atoms with Gasteiger partial charge in [0.25, 0.3) is 0 Å². The first kappa shape index (κ1) is 24.2. The van der Waals surface area contributed by atoms with Gasteiger partial charge in [0.2, 0.25) is 0 Å². The Labute approximate surface area is 202 Å². The Morgan fingerprint density at radius 1 is 1.18 bits per heavy atom. The summed E-state index contributed by atoms with van der Waals surface area (Å²) < 4.78 is 6.15. The molecule has 0 unspecified atom stereocenters. The lowest BCUT2D eigenvalue weighted by Gasteiger charge is -2.47. The lowest BCUT2D eigenvalue weighted by Crippen LogP contribution is -2.59. The molecular formula is C25H36ClN5O2. The van der Waals surface area contributed by atoms with Crippen molar-refractivity contribution in [2.45, 2.75) is 71.1 Å². The number of benzene rings is 1. The van der Waals surface area contributed by atoms with Gasteiger partial charge in [-0.05, 0) is 42.4 Å². The third-order valence-corrected chi connectivity index (χ3v) is 6.97. The summed E-state index contributed by atoms with van der Waals surface area (Å²) in [6, 6.07) is 8.70. The molecule has 0 spiro atoms. The number of nitrogens with zero attached hydrogens (tertiary/aromatic N) is 4. The van der Waals surface area contributed by atoms with Crippen LogP contribution in [0.15, 0.2) is 34.5 Å². The van der Waals surface area contributed by atoms with Crippen LogP contribution in [0.5, 0.6) is 0 Å². The van der Waals surface area contributed by atoms with Crippen molar-refractivity contribution >= 4 is 29.1 Å². The zero-order valence-electron chi connectivity index (χ0n) is 20.0. The zero-order chi connectivity index (χ0) is 23.6. The maximum atomic E-state index is 13.0. The molecule has 0 aromatic heterocycles. The lowest BCUT2D eigenvalue weighted by molar-refractivity contribution is -0.145. The molecule has 3 aliphatic rings. The van der Waals surface area contributed by atoms with Crippen LogP contribution in [0.1, 0.15) is 52.0 Å². The number of hydrogen-bond acceptors (Lipinski definition) is 7. The molecule has 33 heavy (non-hydrogen) atoms. The van der Waals surface area contributed by atoms with E-state index in [2.05, 4.69) is 52.9 Å². The maximum absolute atomic E-state index is 13.0. The van der Waals surface area contributed by atoms with Crippen LogP contribution < -0.4 is 5.73 Å². The molecule has 0 bridgehead atoms. The van der Waals surface area contributed by atoms with Crippen molar-refractivity contribution in [3.05, 3.63) is 34.9 Å². The average molecular weight is 474 g/mol. The summed E-state index contributed by atoms with van der Waals surface area (Å²) in [6.07, 6.45) is 3.76. The molecule has 1 aromatic rings. The number of amidine groups is 2. The first-order valence-electron chi connectivity index (χ1n) is 12.0. The van der Waals surface area contributed by atoms with Gasteiger partial charge in [-0.3, -0.25) is 9.69 Å². The smallest absolute Gasteiger partial charge is 0.163 e. The van der Waals surface area contributed by atoms with Crippen LogP contribution >= 0.6 is 11.6 Å². The largest absolute Gasteiger partial charge is 0.385 e. The first-order chi connectivity index (χ1) is 15.7. The Bertz CT molecular complexity index is 900. The SMILES string of the molecule is CC(C)(C)CC(=O)[C@H]1CN(C2CCN(C3=NN=C(N)C3)CC2)[C@@H](Cc2ccc(Cl)cc2)CO1. The van der Waals surface area contributed by atoms with Crippen LogP contribution in [0.3, 0.4) is 0 Å². The van der Waals surface area contributed by atoms with Crippen LogP contribution in [-0.4, -0.2) is 71.7 Å². The molecule has 8 heteroatoms. The van der Waals surface area contributed by atoms with Gasteiger partial charge in [0, 0.05) is 43.2 Å². The minimum atomic E-state index is -0.351. The Kier molecular flexibility index (Phi) is 7.41. The molecule has 2 fully saturated rings. The predicted octanol–water partition coefficient (Wildman–Crippen LogP) is 3.50. The summed E-state index contributed by atoms with van der Waals surface area (Å²) in [5, 5.41) is 8.98. The van der Waals surface area contributed by atoms with Crippen LogP contribution in [-0.2, 0) is 16.0 Å². The molecule has 2 atom stereocenters.